The Morgan fingerprint density at radius 1 is 1.03 bits per heavy atom. The molecule has 1 aromatic rings. The molecule has 2 atom stereocenters. The summed E-state index contributed by atoms with van der Waals surface area (Å²) in [5.74, 6) is 0.943. The number of carbonyl (C=O) groups is 2. The summed E-state index contributed by atoms with van der Waals surface area (Å²) in [7, 11) is 0. The van der Waals surface area contributed by atoms with Crippen LogP contribution in [0, 0.1) is 5.41 Å². The van der Waals surface area contributed by atoms with Gasteiger partial charge in [-0.15, -0.1) is 0 Å². The maximum Gasteiger partial charge on any atom is 0.257 e. The van der Waals surface area contributed by atoms with Gasteiger partial charge in [0.2, 0.25) is 5.91 Å². The molecule has 1 aromatic carbocycles. The summed E-state index contributed by atoms with van der Waals surface area (Å²) in [5.41, 5.74) is 0.602. The van der Waals surface area contributed by atoms with Crippen molar-refractivity contribution in [2.75, 3.05) is 19.6 Å². The Bertz CT molecular complexity index is 755. The minimum Gasteiger partial charge on any atom is -0.487 e. The van der Waals surface area contributed by atoms with Gasteiger partial charge in [-0.2, -0.15) is 0 Å². The fourth-order valence-electron chi connectivity index (χ4n) is 4.85. The number of carbonyl (C=O) groups excluding carboxylic acids is 2. The molecular formula is C26H40N2O3. The molecule has 0 unspecified atom stereocenters. The van der Waals surface area contributed by atoms with Gasteiger partial charge in [0.1, 0.15) is 11.9 Å². The minimum atomic E-state index is -0.0672. The third-order valence-electron chi connectivity index (χ3n) is 6.46. The van der Waals surface area contributed by atoms with Gasteiger partial charge >= 0.3 is 0 Å². The van der Waals surface area contributed by atoms with Gasteiger partial charge < -0.3 is 14.5 Å². The molecule has 1 aliphatic carbocycles. The number of hydrogen-bond donors (Lipinski definition) is 0. The van der Waals surface area contributed by atoms with Crippen LogP contribution in [0.1, 0.15) is 89.4 Å². The van der Waals surface area contributed by atoms with Gasteiger partial charge in [-0.25, -0.2) is 0 Å². The second-order valence-corrected chi connectivity index (χ2v) is 10.3. The van der Waals surface area contributed by atoms with Crippen molar-refractivity contribution in [3.05, 3.63) is 29.8 Å². The highest BCUT2D eigenvalue weighted by Gasteiger charge is 2.36. The molecule has 1 aliphatic heterocycles. The molecular weight excluding hydrogens is 388 g/mol. The summed E-state index contributed by atoms with van der Waals surface area (Å²) in [6.07, 6.45) is 7.53. The van der Waals surface area contributed by atoms with Crippen LogP contribution in [0.2, 0.25) is 0 Å². The maximum absolute atomic E-state index is 13.4. The number of nitrogens with zero attached hydrogens (tertiary/aromatic N) is 2. The molecule has 0 radical (unpaired) electrons. The Hall–Kier alpha value is -2.04. The van der Waals surface area contributed by atoms with E-state index in [4.69, 9.17) is 4.74 Å². The van der Waals surface area contributed by atoms with Crippen LogP contribution in [0.25, 0.3) is 0 Å². The molecule has 1 saturated carbocycles. The van der Waals surface area contributed by atoms with E-state index in [2.05, 4.69) is 25.7 Å². The Kier molecular flexibility index (Phi) is 8.01. The van der Waals surface area contributed by atoms with Crippen LogP contribution in [0.3, 0.4) is 0 Å². The molecule has 172 valence electrons. The van der Waals surface area contributed by atoms with E-state index in [-0.39, 0.29) is 29.4 Å². The molecule has 0 spiro atoms. The van der Waals surface area contributed by atoms with Crippen LogP contribution in [-0.4, -0.2) is 53.4 Å². The van der Waals surface area contributed by atoms with Gasteiger partial charge in [0.05, 0.1) is 11.6 Å². The van der Waals surface area contributed by atoms with E-state index < -0.39 is 0 Å². The number of ether oxygens (including phenoxy) is 1. The number of amides is 2. The van der Waals surface area contributed by atoms with Crippen LogP contribution < -0.4 is 4.74 Å². The first-order chi connectivity index (χ1) is 14.8. The van der Waals surface area contributed by atoms with E-state index in [1.165, 1.54) is 0 Å². The van der Waals surface area contributed by atoms with Crippen molar-refractivity contribution in [1.29, 1.82) is 0 Å². The maximum atomic E-state index is 13.4. The average molecular weight is 429 g/mol. The summed E-state index contributed by atoms with van der Waals surface area (Å²) in [6.45, 7) is 10.6. The Morgan fingerprint density at radius 2 is 1.74 bits per heavy atom. The van der Waals surface area contributed by atoms with Crippen molar-refractivity contribution in [3.8, 4) is 5.75 Å². The molecule has 3 rings (SSSR count). The van der Waals surface area contributed by atoms with Crippen LogP contribution in [0.5, 0.6) is 5.75 Å². The van der Waals surface area contributed by atoms with Gasteiger partial charge in [0.15, 0.2) is 0 Å². The normalized spacial score (nSPS) is 23.5. The lowest BCUT2D eigenvalue weighted by Gasteiger charge is -2.41. The lowest BCUT2D eigenvalue weighted by atomic mass is 9.88. The van der Waals surface area contributed by atoms with E-state index in [0.29, 0.717) is 24.3 Å². The topological polar surface area (TPSA) is 49.9 Å². The summed E-state index contributed by atoms with van der Waals surface area (Å²) in [5, 5.41) is 0. The van der Waals surface area contributed by atoms with Gasteiger partial charge in [-0.3, -0.25) is 9.59 Å². The zero-order valence-corrected chi connectivity index (χ0v) is 19.9. The lowest BCUT2D eigenvalue weighted by molar-refractivity contribution is -0.138. The number of benzene rings is 1. The second-order valence-electron chi connectivity index (χ2n) is 10.3. The van der Waals surface area contributed by atoms with Crippen molar-refractivity contribution in [2.24, 2.45) is 5.41 Å². The summed E-state index contributed by atoms with van der Waals surface area (Å²) in [4.78, 5) is 30.6. The van der Waals surface area contributed by atoms with Crippen LogP contribution in [0.4, 0.5) is 0 Å². The molecule has 1 fully saturated rings. The Morgan fingerprint density at radius 3 is 2.48 bits per heavy atom. The third-order valence-corrected chi connectivity index (χ3v) is 6.46. The molecule has 2 aliphatic rings. The summed E-state index contributed by atoms with van der Waals surface area (Å²) >= 11 is 0. The molecule has 5 nitrogen and oxygen atoms in total. The zero-order chi connectivity index (χ0) is 22.4. The van der Waals surface area contributed by atoms with E-state index in [9.17, 15) is 9.59 Å². The molecule has 1 heterocycles. The monoisotopic (exact) mass is 428 g/mol. The molecule has 31 heavy (non-hydrogen) atoms. The van der Waals surface area contributed by atoms with Gasteiger partial charge in [-0.1, -0.05) is 39.3 Å². The summed E-state index contributed by atoms with van der Waals surface area (Å²) in [6, 6.07) is 7.70. The first kappa shape index (κ1) is 23.6. The predicted molar refractivity (Wildman–Crippen MR) is 124 cm³/mol. The van der Waals surface area contributed by atoms with Crippen molar-refractivity contribution < 1.29 is 14.3 Å². The van der Waals surface area contributed by atoms with E-state index in [1.807, 2.05) is 36.1 Å². The Balaban J connectivity index is 1.94. The van der Waals surface area contributed by atoms with Crippen molar-refractivity contribution in [3.63, 3.8) is 0 Å². The quantitative estimate of drug-likeness (QED) is 0.643. The van der Waals surface area contributed by atoms with E-state index >= 15 is 0 Å². The first-order valence-electron chi connectivity index (χ1n) is 12.1. The number of para-hydroxylation sites is 1. The third kappa shape index (κ3) is 6.24. The fourth-order valence-corrected chi connectivity index (χ4v) is 4.85. The highest BCUT2D eigenvalue weighted by Crippen LogP contribution is 2.32. The highest BCUT2D eigenvalue weighted by molar-refractivity contribution is 5.97. The number of hydrogen-bond acceptors (Lipinski definition) is 3. The van der Waals surface area contributed by atoms with Crippen LogP contribution >= 0.6 is 0 Å². The standard InChI is InChI=1S/C26H40N2O3/c1-5-27-17-11-6-12-18-28(24(29)19-26(2,3)4)21-14-8-10-16-23(21)31-22-15-9-7-13-20(22)25(27)30/h7,9,13,15,21,23H,5-6,8,10-12,14,16-19H2,1-4H3/t21-,23+/m1/s1. The molecule has 5 heteroatoms. The largest absolute Gasteiger partial charge is 0.487 e. The highest BCUT2D eigenvalue weighted by atomic mass is 16.5. The zero-order valence-electron chi connectivity index (χ0n) is 19.9. The van der Waals surface area contributed by atoms with Crippen LogP contribution in [0.15, 0.2) is 24.3 Å². The van der Waals surface area contributed by atoms with Gasteiger partial charge in [-0.05, 0) is 63.0 Å². The second kappa shape index (κ2) is 10.5. The molecule has 0 saturated heterocycles. The first-order valence-corrected chi connectivity index (χ1v) is 12.1. The lowest BCUT2D eigenvalue weighted by Crippen LogP contribution is -2.51. The number of rotatable bonds is 2. The van der Waals surface area contributed by atoms with Gasteiger partial charge in [0, 0.05) is 26.1 Å². The molecule has 0 aromatic heterocycles. The van der Waals surface area contributed by atoms with E-state index in [0.717, 1.165) is 58.0 Å². The SMILES string of the molecule is CCN1CCCCCN(C(=O)CC(C)(C)C)[C@@H]2CCCC[C@@H]2Oc2ccccc2C1=O. The average Bonchev–Trinajstić information content (AvgIpc) is 2.73. The van der Waals surface area contributed by atoms with Crippen LogP contribution in [-0.2, 0) is 4.79 Å². The molecule has 0 N–H and O–H groups in total. The predicted octanol–water partition coefficient (Wildman–Crippen LogP) is 5.29. The van der Waals surface area contributed by atoms with Crippen molar-refractivity contribution in [2.45, 2.75) is 91.2 Å². The summed E-state index contributed by atoms with van der Waals surface area (Å²) < 4.78 is 6.55. The Labute approximate surface area is 188 Å². The van der Waals surface area contributed by atoms with Crippen molar-refractivity contribution in [1.82, 2.24) is 9.80 Å². The van der Waals surface area contributed by atoms with Gasteiger partial charge in [0.25, 0.3) is 5.91 Å². The smallest absolute Gasteiger partial charge is 0.257 e. The number of fused-ring (bicyclic) bond motifs is 2. The fraction of sp³-hybridized carbons (Fsp3) is 0.692. The molecule has 2 amide bonds. The van der Waals surface area contributed by atoms with Crippen molar-refractivity contribution >= 4 is 11.8 Å². The minimum absolute atomic E-state index is 0.0378. The molecule has 0 bridgehead atoms. The van der Waals surface area contributed by atoms with E-state index in [1.54, 1.807) is 0 Å².